The Morgan fingerprint density at radius 1 is 1.50 bits per heavy atom. The van der Waals surface area contributed by atoms with Crippen LogP contribution in [0.3, 0.4) is 0 Å². The van der Waals surface area contributed by atoms with Crippen LogP contribution in [-0.4, -0.2) is 33.8 Å². The molecular formula is C11H23IN6. The summed E-state index contributed by atoms with van der Waals surface area (Å²) in [5.74, 6) is 1.51. The number of nitrogens with zero attached hydrogens (tertiary/aromatic N) is 4. The van der Waals surface area contributed by atoms with E-state index in [2.05, 4.69) is 34.4 Å². The number of rotatable bonds is 7. The summed E-state index contributed by atoms with van der Waals surface area (Å²) in [7, 11) is 0. The Morgan fingerprint density at radius 3 is 2.94 bits per heavy atom. The Balaban J connectivity index is 0.00000289. The number of unbranched alkanes of at least 4 members (excludes halogenated alkanes) is 1. The van der Waals surface area contributed by atoms with Crippen LogP contribution in [0.4, 0.5) is 0 Å². The number of nitrogens with one attached hydrogen (secondary N) is 1. The van der Waals surface area contributed by atoms with Gasteiger partial charge in [-0.2, -0.15) is 0 Å². The first-order valence-corrected chi connectivity index (χ1v) is 6.18. The van der Waals surface area contributed by atoms with Gasteiger partial charge in [-0.1, -0.05) is 20.3 Å². The van der Waals surface area contributed by atoms with E-state index in [1.807, 2.05) is 4.57 Å². The van der Waals surface area contributed by atoms with Crippen molar-refractivity contribution in [1.29, 1.82) is 0 Å². The predicted molar refractivity (Wildman–Crippen MR) is 84.2 cm³/mol. The van der Waals surface area contributed by atoms with Crippen LogP contribution < -0.4 is 11.1 Å². The van der Waals surface area contributed by atoms with Gasteiger partial charge in [-0.05, 0) is 6.42 Å². The van der Waals surface area contributed by atoms with Crippen molar-refractivity contribution >= 4 is 29.9 Å². The standard InChI is InChI=1S/C11H22N6.HI/c1-3-5-6-13-11(12)14-7-8-17-9-15-16-10(17)4-2;/h9H,3-8H2,1-2H3,(H3,12,13,14);1H. The first-order valence-electron chi connectivity index (χ1n) is 6.18. The van der Waals surface area contributed by atoms with E-state index in [0.717, 1.165) is 44.7 Å². The zero-order valence-electron chi connectivity index (χ0n) is 11.1. The van der Waals surface area contributed by atoms with Gasteiger partial charge in [-0.3, -0.25) is 4.99 Å². The van der Waals surface area contributed by atoms with Crippen LogP contribution in [0.5, 0.6) is 0 Å². The second-order valence-corrected chi connectivity index (χ2v) is 3.84. The minimum atomic E-state index is 0. The highest BCUT2D eigenvalue weighted by molar-refractivity contribution is 14.0. The molecule has 0 amide bonds. The van der Waals surface area contributed by atoms with Crippen molar-refractivity contribution < 1.29 is 0 Å². The number of halogens is 1. The van der Waals surface area contributed by atoms with Crippen molar-refractivity contribution in [2.24, 2.45) is 10.7 Å². The highest BCUT2D eigenvalue weighted by Gasteiger charge is 2.00. The smallest absolute Gasteiger partial charge is 0.188 e. The SMILES string of the molecule is CCCCN=C(N)NCCn1cnnc1CC.I. The first kappa shape index (κ1) is 17.1. The van der Waals surface area contributed by atoms with Gasteiger partial charge in [0.2, 0.25) is 0 Å². The molecular weight excluding hydrogens is 343 g/mol. The molecule has 1 aromatic heterocycles. The lowest BCUT2D eigenvalue weighted by Gasteiger charge is -2.07. The van der Waals surface area contributed by atoms with Crippen LogP contribution in [0.2, 0.25) is 0 Å². The molecule has 0 aliphatic rings. The summed E-state index contributed by atoms with van der Waals surface area (Å²) in [6.07, 6.45) is 4.84. The number of aliphatic imine (C=N–C) groups is 1. The lowest BCUT2D eigenvalue weighted by Crippen LogP contribution is -2.34. The molecule has 1 heterocycles. The molecule has 0 spiro atoms. The molecule has 6 nitrogen and oxygen atoms in total. The molecule has 0 aromatic carbocycles. The molecule has 7 heteroatoms. The molecule has 104 valence electrons. The Hall–Kier alpha value is -0.860. The van der Waals surface area contributed by atoms with Gasteiger partial charge in [0.1, 0.15) is 12.2 Å². The average molecular weight is 366 g/mol. The van der Waals surface area contributed by atoms with Crippen molar-refractivity contribution in [2.45, 2.75) is 39.7 Å². The van der Waals surface area contributed by atoms with Crippen molar-refractivity contribution in [2.75, 3.05) is 13.1 Å². The van der Waals surface area contributed by atoms with Crippen LogP contribution in [0.15, 0.2) is 11.3 Å². The molecule has 0 fully saturated rings. The molecule has 0 saturated carbocycles. The lowest BCUT2D eigenvalue weighted by molar-refractivity contribution is 0.637. The summed E-state index contributed by atoms with van der Waals surface area (Å²) in [5.41, 5.74) is 5.72. The number of aryl methyl sites for hydroxylation is 1. The van der Waals surface area contributed by atoms with Gasteiger partial charge in [0, 0.05) is 26.1 Å². The highest BCUT2D eigenvalue weighted by Crippen LogP contribution is 1.94. The minimum Gasteiger partial charge on any atom is -0.370 e. The number of hydrogen-bond donors (Lipinski definition) is 2. The largest absolute Gasteiger partial charge is 0.370 e. The highest BCUT2D eigenvalue weighted by atomic mass is 127. The van der Waals surface area contributed by atoms with Crippen LogP contribution in [-0.2, 0) is 13.0 Å². The van der Waals surface area contributed by atoms with Gasteiger partial charge in [-0.25, -0.2) is 0 Å². The van der Waals surface area contributed by atoms with E-state index in [-0.39, 0.29) is 24.0 Å². The van der Waals surface area contributed by atoms with Crippen LogP contribution in [0.1, 0.15) is 32.5 Å². The fraction of sp³-hybridized carbons (Fsp3) is 0.727. The molecule has 0 aliphatic carbocycles. The van der Waals surface area contributed by atoms with Crippen molar-refractivity contribution in [1.82, 2.24) is 20.1 Å². The summed E-state index contributed by atoms with van der Waals surface area (Å²) in [6, 6.07) is 0. The second kappa shape index (κ2) is 10.1. The minimum absolute atomic E-state index is 0. The fourth-order valence-electron chi connectivity index (χ4n) is 1.46. The van der Waals surface area contributed by atoms with Gasteiger partial charge >= 0.3 is 0 Å². The Bertz CT molecular complexity index is 349. The second-order valence-electron chi connectivity index (χ2n) is 3.84. The number of guanidine groups is 1. The van der Waals surface area contributed by atoms with Crippen molar-refractivity contribution in [3.63, 3.8) is 0 Å². The van der Waals surface area contributed by atoms with Gasteiger partial charge in [0.15, 0.2) is 5.96 Å². The molecule has 18 heavy (non-hydrogen) atoms. The summed E-state index contributed by atoms with van der Waals surface area (Å²) in [5, 5.41) is 11.0. The summed E-state index contributed by atoms with van der Waals surface area (Å²) in [4.78, 5) is 4.22. The van der Waals surface area contributed by atoms with Gasteiger partial charge in [0.05, 0.1) is 0 Å². The quantitative estimate of drug-likeness (QED) is 0.329. The van der Waals surface area contributed by atoms with Crippen LogP contribution >= 0.6 is 24.0 Å². The van der Waals surface area contributed by atoms with Crippen LogP contribution in [0, 0.1) is 0 Å². The average Bonchev–Trinajstić information content (AvgIpc) is 2.77. The van der Waals surface area contributed by atoms with Gasteiger partial charge < -0.3 is 15.6 Å². The van der Waals surface area contributed by atoms with E-state index in [9.17, 15) is 0 Å². The summed E-state index contributed by atoms with van der Waals surface area (Å²) in [6.45, 7) is 6.54. The molecule has 0 aliphatic heterocycles. The topological polar surface area (TPSA) is 81.1 Å². The molecule has 0 saturated heterocycles. The molecule has 0 bridgehead atoms. The third-order valence-corrected chi connectivity index (χ3v) is 2.46. The Labute approximate surface area is 125 Å². The zero-order chi connectivity index (χ0) is 12.5. The van der Waals surface area contributed by atoms with Crippen LogP contribution in [0.25, 0.3) is 0 Å². The number of nitrogens with two attached hydrogens (primary N) is 1. The predicted octanol–water partition coefficient (Wildman–Crippen LogP) is 1.16. The molecule has 1 aromatic rings. The molecule has 0 atom stereocenters. The van der Waals surface area contributed by atoms with Gasteiger partial charge in [-0.15, -0.1) is 34.2 Å². The Kier molecular flexibility index (Phi) is 9.62. The summed E-state index contributed by atoms with van der Waals surface area (Å²) >= 11 is 0. The normalized spacial score (nSPS) is 11.1. The monoisotopic (exact) mass is 366 g/mol. The Morgan fingerprint density at radius 2 is 2.28 bits per heavy atom. The number of hydrogen-bond acceptors (Lipinski definition) is 3. The maximum Gasteiger partial charge on any atom is 0.188 e. The van der Waals surface area contributed by atoms with E-state index in [1.165, 1.54) is 0 Å². The first-order chi connectivity index (χ1) is 8.27. The van der Waals surface area contributed by atoms with E-state index < -0.39 is 0 Å². The molecule has 1 rings (SSSR count). The lowest BCUT2D eigenvalue weighted by atomic mass is 10.3. The van der Waals surface area contributed by atoms with Gasteiger partial charge in [0.25, 0.3) is 0 Å². The number of aromatic nitrogens is 3. The maximum atomic E-state index is 5.72. The van der Waals surface area contributed by atoms with Crippen molar-refractivity contribution in [3.8, 4) is 0 Å². The van der Waals surface area contributed by atoms with Crippen molar-refractivity contribution in [3.05, 3.63) is 12.2 Å². The van der Waals surface area contributed by atoms with E-state index >= 15 is 0 Å². The third-order valence-electron chi connectivity index (χ3n) is 2.46. The molecule has 0 radical (unpaired) electrons. The van der Waals surface area contributed by atoms with E-state index in [0.29, 0.717) is 5.96 Å². The third kappa shape index (κ3) is 6.18. The summed E-state index contributed by atoms with van der Waals surface area (Å²) < 4.78 is 2.02. The zero-order valence-corrected chi connectivity index (χ0v) is 13.4. The fourth-order valence-corrected chi connectivity index (χ4v) is 1.46. The molecule has 0 unspecified atom stereocenters. The van der Waals surface area contributed by atoms with E-state index in [4.69, 9.17) is 5.73 Å². The maximum absolute atomic E-state index is 5.72. The van der Waals surface area contributed by atoms with E-state index in [1.54, 1.807) is 6.33 Å². The molecule has 3 N–H and O–H groups in total.